The van der Waals surface area contributed by atoms with Gasteiger partial charge in [-0.25, -0.2) is 14.4 Å². The highest BCUT2D eigenvalue weighted by molar-refractivity contribution is 7.86. The van der Waals surface area contributed by atoms with E-state index in [4.69, 9.17) is 9.92 Å². The number of hydrogen-bond acceptors (Lipinski definition) is 7. The summed E-state index contributed by atoms with van der Waals surface area (Å²) < 4.78 is 56.4. The molecule has 33 heavy (non-hydrogen) atoms. The third-order valence-electron chi connectivity index (χ3n) is 4.81. The summed E-state index contributed by atoms with van der Waals surface area (Å²) in [6.45, 7) is 0. The summed E-state index contributed by atoms with van der Waals surface area (Å²) >= 11 is 0. The predicted molar refractivity (Wildman–Crippen MR) is 119 cm³/mol. The van der Waals surface area contributed by atoms with Crippen LogP contribution in [0.5, 0.6) is 5.75 Å². The molecule has 2 aromatic carbocycles. The van der Waals surface area contributed by atoms with Crippen LogP contribution in [0.25, 0.3) is 11.1 Å². The number of guanidine groups is 1. The maximum Gasteiger partial charge on any atom is 0.306 e. The number of carbonyl (C=O) groups excluding carboxylic acids is 1. The lowest BCUT2D eigenvalue weighted by molar-refractivity contribution is -0.122. The monoisotopic (exact) mass is 494 g/mol. The second-order valence-corrected chi connectivity index (χ2v) is 8.58. The molecule has 0 spiro atoms. The molecule has 2 heterocycles. The van der Waals surface area contributed by atoms with Gasteiger partial charge in [-0.2, -0.15) is 12.8 Å². The lowest BCUT2D eigenvalue weighted by Crippen LogP contribution is -2.39. The first-order valence-corrected chi connectivity index (χ1v) is 11.0. The Labute approximate surface area is 194 Å². The Morgan fingerprint density at radius 3 is 2.27 bits per heavy atom. The zero-order valence-electron chi connectivity index (χ0n) is 17.0. The van der Waals surface area contributed by atoms with Crippen LogP contribution in [0.1, 0.15) is 11.1 Å². The molecule has 0 aliphatic carbocycles. The highest BCUT2D eigenvalue weighted by Crippen LogP contribution is 2.39. The third-order valence-corrected chi connectivity index (χ3v) is 5.31. The van der Waals surface area contributed by atoms with Crippen molar-refractivity contribution in [2.45, 2.75) is 5.54 Å². The number of nitrogens with one attached hydrogen (secondary N) is 1. The van der Waals surface area contributed by atoms with E-state index in [0.29, 0.717) is 5.56 Å². The van der Waals surface area contributed by atoms with Crippen LogP contribution in [0.15, 0.2) is 65.8 Å². The molecule has 1 atom stereocenters. The molecule has 3 aromatic rings. The van der Waals surface area contributed by atoms with E-state index in [0.717, 1.165) is 12.3 Å². The second-order valence-electron chi connectivity index (χ2n) is 7.01. The molecule has 0 saturated carbocycles. The van der Waals surface area contributed by atoms with Gasteiger partial charge in [-0.1, -0.05) is 18.2 Å². The van der Waals surface area contributed by atoms with E-state index in [1.165, 1.54) is 54.7 Å². The van der Waals surface area contributed by atoms with Crippen LogP contribution in [-0.4, -0.2) is 31.5 Å². The topological polar surface area (TPSA) is 124 Å². The summed E-state index contributed by atoms with van der Waals surface area (Å²) in [5.74, 6) is -2.35. The maximum atomic E-state index is 14.6. The summed E-state index contributed by atoms with van der Waals surface area (Å²) in [5.41, 5.74) is 4.37. The number of hydrogen-bond donors (Lipinski definition) is 2. The average molecular weight is 495 g/mol. The number of aromatic nitrogens is 1. The van der Waals surface area contributed by atoms with Crippen LogP contribution in [0.2, 0.25) is 0 Å². The zero-order chi connectivity index (χ0) is 23.1. The van der Waals surface area contributed by atoms with E-state index in [2.05, 4.69) is 15.3 Å². The van der Waals surface area contributed by atoms with E-state index in [-0.39, 0.29) is 40.8 Å². The largest absolute Gasteiger partial charge is 0.383 e. The molecule has 0 fully saturated rings. The van der Waals surface area contributed by atoms with Crippen molar-refractivity contribution in [1.29, 1.82) is 0 Å². The molecule has 0 bridgehead atoms. The Morgan fingerprint density at radius 1 is 1.03 bits per heavy atom. The Bertz CT molecular complexity index is 1370. The molecule has 172 valence electrons. The highest BCUT2D eigenvalue weighted by Gasteiger charge is 2.47. The van der Waals surface area contributed by atoms with Crippen LogP contribution in [0, 0.1) is 11.8 Å². The van der Waals surface area contributed by atoms with Crippen molar-refractivity contribution in [3.8, 4) is 16.9 Å². The maximum absolute atomic E-state index is 14.6. The van der Waals surface area contributed by atoms with E-state index in [1.807, 2.05) is 0 Å². The van der Waals surface area contributed by atoms with Gasteiger partial charge in [0.05, 0.1) is 6.26 Å². The summed E-state index contributed by atoms with van der Waals surface area (Å²) in [7, 11) is -3.75. The fraction of sp³-hybridized carbons (Fsp3) is 0.0952. The van der Waals surface area contributed by atoms with Crippen molar-refractivity contribution < 1.29 is 26.2 Å². The number of aliphatic imine (C=N–C) groups is 1. The zero-order valence-corrected chi connectivity index (χ0v) is 18.6. The van der Waals surface area contributed by atoms with Gasteiger partial charge in [-0.05, 0) is 47.5 Å². The minimum absolute atomic E-state index is 0. The van der Waals surface area contributed by atoms with Crippen molar-refractivity contribution in [3.05, 3.63) is 83.7 Å². The van der Waals surface area contributed by atoms with Crippen LogP contribution < -0.4 is 15.2 Å². The van der Waals surface area contributed by atoms with E-state index >= 15 is 0 Å². The van der Waals surface area contributed by atoms with Crippen molar-refractivity contribution in [2.24, 2.45) is 10.7 Å². The number of nitrogens with zero attached hydrogens (tertiary/aromatic N) is 2. The van der Waals surface area contributed by atoms with Gasteiger partial charge in [0, 0.05) is 17.3 Å². The van der Waals surface area contributed by atoms with Crippen LogP contribution >= 0.6 is 12.4 Å². The van der Waals surface area contributed by atoms with Crippen molar-refractivity contribution in [1.82, 2.24) is 10.3 Å². The van der Waals surface area contributed by atoms with Gasteiger partial charge < -0.3 is 9.92 Å². The molecule has 8 nitrogen and oxygen atoms in total. The third kappa shape index (κ3) is 4.50. The number of carbonyl (C=O) groups is 1. The number of halogens is 3. The van der Waals surface area contributed by atoms with Crippen LogP contribution in [-0.2, 0) is 20.5 Å². The minimum Gasteiger partial charge on any atom is -0.383 e. The van der Waals surface area contributed by atoms with Crippen LogP contribution in [0.3, 0.4) is 0 Å². The molecule has 0 radical (unpaired) electrons. The number of amides is 1. The number of rotatable bonds is 5. The summed E-state index contributed by atoms with van der Waals surface area (Å²) in [6, 6.07) is 12.1. The van der Waals surface area contributed by atoms with E-state index < -0.39 is 33.3 Å². The predicted octanol–water partition coefficient (Wildman–Crippen LogP) is 2.48. The van der Waals surface area contributed by atoms with Gasteiger partial charge in [0.25, 0.3) is 5.91 Å². The normalized spacial score (nSPS) is 17.7. The fourth-order valence-corrected chi connectivity index (χ4v) is 3.95. The molecule has 1 aliphatic heterocycles. The molecule has 3 N–H and O–H groups in total. The van der Waals surface area contributed by atoms with Crippen molar-refractivity contribution in [2.75, 3.05) is 6.26 Å². The number of pyridine rings is 1. The summed E-state index contributed by atoms with van der Waals surface area (Å²) in [6.07, 6.45) is 2.13. The fourth-order valence-electron chi connectivity index (χ4n) is 3.49. The molecule has 0 saturated heterocycles. The van der Waals surface area contributed by atoms with E-state index in [9.17, 15) is 22.0 Å². The van der Waals surface area contributed by atoms with Crippen molar-refractivity contribution in [3.63, 3.8) is 0 Å². The van der Waals surface area contributed by atoms with Gasteiger partial charge in [-0.15, -0.1) is 12.4 Å². The molecule has 12 heteroatoms. The summed E-state index contributed by atoms with van der Waals surface area (Å²) in [5, 5.41) is 2.42. The molecule has 0 unspecified atom stereocenters. The number of nitrogens with two attached hydrogens (primary N) is 1. The quantitative estimate of drug-likeness (QED) is 0.415. The molecular weight excluding hydrogens is 478 g/mol. The lowest BCUT2D eigenvalue weighted by Gasteiger charge is -2.25. The first kappa shape index (κ1) is 24.1. The van der Waals surface area contributed by atoms with Crippen molar-refractivity contribution >= 4 is 34.4 Å². The molecule has 1 amide bonds. The Morgan fingerprint density at radius 2 is 1.70 bits per heavy atom. The second kappa shape index (κ2) is 8.75. The van der Waals surface area contributed by atoms with Gasteiger partial charge in [-0.3, -0.25) is 10.1 Å². The molecule has 1 aliphatic rings. The smallest absolute Gasteiger partial charge is 0.306 e. The van der Waals surface area contributed by atoms with Crippen LogP contribution in [0.4, 0.5) is 8.78 Å². The van der Waals surface area contributed by atoms with E-state index in [1.54, 1.807) is 0 Å². The van der Waals surface area contributed by atoms with Gasteiger partial charge in [0.2, 0.25) is 5.95 Å². The summed E-state index contributed by atoms with van der Waals surface area (Å²) in [4.78, 5) is 20.8. The first-order chi connectivity index (χ1) is 15.1. The molecular formula is C21H17ClF2N4O4S. The van der Waals surface area contributed by atoms with Gasteiger partial charge in [0.1, 0.15) is 11.6 Å². The standard InChI is InChI=1S/C21H16F2N4O4S.ClH/c1-32(29,30)31-14-7-4-12(5-8-14)21(19(28)26-20(24)27-21)13-6-9-17(22)16(11-13)15-3-2-10-25-18(15)23;/h2-11H,1H3,(H3,24,26,27,28);1H/t21-;/m0./s1. The first-order valence-electron chi connectivity index (χ1n) is 9.18. The highest BCUT2D eigenvalue weighted by atomic mass is 35.5. The lowest BCUT2D eigenvalue weighted by atomic mass is 9.82. The SMILES string of the molecule is CS(=O)(=O)Oc1ccc([C@@]2(c3ccc(F)c(-c4cccnc4F)c3)N=C(N)NC2=O)cc1.Cl. The van der Waals surface area contributed by atoms with Gasteiger partial charge >= 0.3 is 10.1 Å². The molecule has 4 rings (SSSR count). The molecule has 1 aromatic heterocycles. The van der Waals surface area contributed by atoms with Gasteiger partial charge in [0.15, 0.2) is 11.5 Å². The Balaban J connectivity index is 0.00000306. The Kier molecular flexibility index (Phi) is 6.39. The Hall–Kier alpha value is -3.57. The minimum atomic E-state index is -3.75. The average Bonchev–Trinajstić information content (AvgIpc) is 3.03. The number of benzene rings is 2.